The second-order valence-electron chi connectivity index (χ2n) is 13.2. The van der Waals surface area contributed by atoms with E-state index in [0.717, 1.165) is 12.8 Å². The van der Waals surface area contributed by atoms with Crippen LogP contribution in [0.25, 0.3) is 0 Å². The Kier molecular flexibility index (Phi) is 21.8. The van der Waals surface area contributed by atoms with Crippen LogP contribution in [0.4, 0.5) is 9.59 Å². The maximum absolute atomic E-state index is 12.7. The van der Waals surface area contributed by atoms with Crippen molar-refractivity contribution < 1.29 is 57.1 Å². The number of carbonyl (C=O) groups excluding carboxylic acids is 4. The van der Waals surface area contributed by atoms with Gasteiger partial charge in [-0.15, -0.1) is 0 Å². The molecule has 0 saturated heterocycles. The van der Waals surface area contributed by atoms with E-state index >= 15 is 0 Å². The fourth-order valence-electron chi connectivity index (χ4n) is 4.83. The summed E-state index contributed by atoms with van der Waals surface area (Å²) in [5.41, 5.74) is 0.705. The summed E-state index contributed by atoms with van der Waals surface area (Å²) in [4.78, 5) is 48.4. The van der Waals surface area contributed by atoms with Crippen molar-refractivity contribution in [3.8, 4) is 23.0 Å². The third kappa shape index (κ3) is 20.7. The van der Waals surface area contributed by atoms with Gasteiger partial charge in [-0.3, -0.25) is 0 Å². The van der Waals surface area contributed by atoms with E-state index in [4.69, 9.17) is 37.9 Å². The number of amides is 2. The van der Waals surface area contributed by atoms with Gasteiger partial charge in [-0.25, -0.2) is 19.2 Å². The first-order valence-corrected chi connectivity index (χ1v) is 19.3. The number of unbranched alkanes of at least 4 members (excludes halogenated alkanes) is 4. The van der Waals surface area contributed by atoms with Gasteiger partial charge in [0, 0.05) is 30.3 Å². The van der Waals surface area contributed by atoms with Crippen LogP contribution in [0, 0.1) is 0 Å². The summed E-state index contributed by atoms with van der Waals surface area (Å²) in [6.07, 6.45) is 1.36. The highest BCUT2D eigenvalue weighted by Gasteiger charge is 2.19. The Morgan fingerprint density at radius 3 is 1.24 bits per heavy atom. The number of hydrogen-bond acceptors (Lipinski definition) is 12. The number of esters is 2. The second kappa shape index (κ2) is 27.4. The van der Waals surface area contributed by atoms with Crippen molar-refractivity contribution in [1.29, 1.82) is 0 Å². The number of benzene rings is 3. The molecule has 0 aliphatic heterocycles. The average molecular weight is 805 g/mol. The van der Waals surface area contributed by atoms with Gasteiger partial charge in [0.05, 0.1) is 13.2 Å². The van der Waals surface area contributed by atoms with Gasteiger partial charge in [-0.1, -0.05) is 55.6 Å². The van der Waals surface area contributed by atoms with E-state index in [2.05, 4.69) is 23.8 Å². The normalized spacial score (nSPS) is 11.5. The van der Waals surface area contributed by atoms with Crippen molar-refractivity contribution in [2.45, 2.75) is 64.6 Å². The molecule has 0 radical (unpaired) electrons. The minimum atomic E-state index is -0.767. The molecule has 58 heavy (non-hydrogen) atoms. The first-order chi connectivity index (χ1) is 28.1. The summed E-state index contributed by atoms with van der Waals surface area (Å²) in [5, 5.41) is 5.49. The van der Waals surface area contributed by atoms with Gasteiger partial charge >= 0.3 is 24.1 Å². The number of alkyl carbamates (subject to hydrolysis) is 2. The topological polar surface area (TPSA) is 166 Å². The van der Waals surface area contributed by atoms with Crippen LogP contribution in [-0.4, -0.2) is 89.1 Å². The Balaban J connectivity index is 1.50. The minimum absolute atomic E-state index is 0.0196. The number of hydrogen-bond donors (Lipinski definition) is 2. The van der Waals surface area contributed by atoms with E-state index in [0.29, 0.717) is 72.9 Å². The highest BCUT2D eigenvalue weighted by Crippen LogP contribution is 2.21. The molecule has 2 unspecified atom stereocenters. The number of rotatable bonds is 28. The Hall–Kier alpha value is -6.18. The average Bonchev–Trinajstić information content (AvgIpc) is 3.22. The summed E-state index contributed by atoms with van der Waals surface area (Å²) >= 11 is 0. The van der Waals surface area contributed by atoms with Crippen LogP contribution in [0.15, 0.2) is 109 Å². The number of nitrogens with one attached hydrogen (secondary N) is 2. The predicted molar refractivity (Wildman–Crippen MR) is 217 cm³/mol. The van der Waals surface area contributed by atoms with Gasteiger partial charge in [0.25, 0.3) is 0 Å². The number of ether oxygens (including phenoxy) is 8. The molecule has 2 amide bonds. The Bertz CT molecular complexity index is 1580. The highest BCUT2D eigenvalue weighted by atomic mass is 16.6. The SMILES string of the molecule is C=C(C)C(=O)OCCCCCNC(=O)OC(COc1ccccc1)COc1cccc(OCC(COc2ccccc2)OC(=O)NCCCCCOC(=O)C(=C)C)c1. The lowest BCUT2D eigenvalue weighted by atomic mass is 10.2. The molecule has 0 aliphatic rings. The molecule has 0 bridgehead atoms. The van der Waals surface area contributed by atoms with Crippen LogP contribution >= 0.6 is 0 Å². The number of para-hydroxylation sites is 2. The quantitative estimate of drug-likeness (QED) is 0.0324. The van der Waals surface area contributed by atoms with Crippen molar-refractivity contribution >= 4 is 24.1 Å². The first kappa shape index (κ1) is 46.2. The smallest absolute Gasteiger partial charge is 0.407 e. The fraction of sp³-hybridized carbons (Fsp3) is 0.409. The van der Waals surface area contributed by atoms with Gasteiger partial charge in [0.15, 0.2) is 12.2 Å². The molecule has 0 saturated carbocycles. The summed E-state index contributed by atoms with van der Waals surface area (Å²) in [5.74, 6) is 1.28. The van der Waals surface area contributed by atoms with Crippen LogP contribution in [-0.2, 0) is 28.5 Å². The molecule has 0 spiro atoms. The summed E-state index contributed by atoms with van der Waals surface area (Å²) in [6.45, 7) is 11.7. The third-order valence-corrected chi connectivity index (χ3v) is 7.93. The molecule has 2 N–H and O–H groups in total. The van der Waals surface area contributed by atoms with E-state index in [1.54, 1.807) is 62.4 Å². The van der Waals surface area contributed by atoms with E-state index < -0.39 is 36.3 Å². The van der Waals surface area contributed by atoms with Crippen LogP contribution in [0.3, 0.4) is 0 Å². The van der Waals surface area contributed by atoms with Crippen LogP contribution in [0.2, 0.25) is 0 Å². The maximum atomic E-state index is 12.7. The zero-order valence-electron chi connectivity index (χ0n) is 33.5. The minimum Gasteiger partial charge on any atom is -0.490 e. The van der Waals surface area contributed by atoms with Gasteiger partial charge in [0.2, 0.25) is 0 Å². The van der Waals surface area contributed by atoms with E-state index in [1.807, 2.05) is 36.4 Å². The Morgan fingerprint density at radius 1 is 0.500 bits per heavy atom. The van der Waals surface area contributed by atoms with E-state index in [9.17, 15) is 19.2 Å². The molecule has 0 fully saturated rings. The second-order valence-corrected chi connectivity index (χ2v) is 13.2. The third-order valence-electron chi connectivity index (χ3n) is 7.93. The van der Waals surface area contributed by atoms with Crippen LogP contribution in [0.1, 0.15) is 52.4 Å². The summed E-state index contributed by atoms with van der Waals surface area (Å²) < 4.78 is 45.3. The van der Waals surface area contributed by atoms with Crippen molar-refractivity contribution in [3.05, 3.63) is 109 Å². The molecule has 14 heteroatoms. The predicted octanol–water partition coefficient (Wildman–Crippen LogP) is 7.37. The fourth-order valence-corrected chi connectivity index (χ4v) is 4.83. The standard InChI is InChI=1S/C44H56N2O12/c1-33(2)41(47)51-26-15-7-13-24-45-43(49)57-39(29-53-35-18-9-5-10-19-35)31-55-37-22-17-23-38(28-37)56-32-40(30-54-36-20-11-6-12-21-36)58-44(50)46-25-14-8-16-27-52-42(48)34(3)4/h5-6,9-12,17-23,28,39-40H,1,3,7-8,13-16,24-27,29-32H2,2,4H3,(H,45,49)(H,46,50). The largest absolute Gasteiger partial charge is 0.490 e. The number of carbonyl (C=O) groups is 4. The monoisotopic (exact) mass is 804 g/mol. The van der Waals surface area contributed by atoms with Gasteiger partial charge < -0.3 is 48.5 Å². The van der Waals surface area contributed by atoms with E-state index in [1.165, 1.54) is 0 Å². The Morgan fingerprint density at radius 2 is 0.862 bits per heavy atom. The van der Waals surface area contributed by atoms with Crippen molar-refractivity contribution in [3.63, 3.8) is 0 Å². The molecule has 3 aromatic carbocycles. The van der Waals surface area contributed by atoms with Crippen LogP contribution < -0.4 is 29.6 Å². The maximum Gasteiger partial charge on any atom is 0.407 e. The zero-order valence-corrected chi connectivity index (χ0v) is 33.5. The van der Waals surface area contributed by atoms with Crippen molar-refractivity contribution in [1.82, 2.24) is 10.6 Å². The molecule has 314 valence electrons. The summed E-state index contributed by atoms with van der Waals surface area (Å²) in [7, 11) is 0. The van der Waals surface area contributed by atoms with Crippen molar-refractivity contribution in [2.75, 3.05) is 52.7 Å². The van der Waals surface area contributed by atoms with Gasteiger partial charge in [0.1, 0.15) is 49.4 Å². The molecule has 2 atom stereocenters. The van der Waals surface area contributed by atoms with Gasteiger partial charge in [-0.2, -0.15) is 0 Å². The molecule has 0 aromatic heterocycles. The lowest BCUT2D eigenvalue weighted by Gasteiger charge is -2.21. The van der Waals surface area contributed by atoms with Crippen LogP contribution in [0.5, 0.6) is 23.0 Å². The molecule has 0 heterocycles. The first-order valence-electron chi connectivity index (χ1n) is 19.3. The molecular formula is C44H56N2O12. The Labute approximate surface area is 340 Å². The molecule has 0 aliphatic carbocycles. The molecule has 3 aromatic rings. The summed E-state index contributed by atoms with van der Waals surface area (Å²) in [6, 6.07) is 25.2. The highest BCUT2D eigenvalue weighted by molar-refractivity contribution is 5.87. The molecular weight excluding hydrogens is 748 g/mol. The van der Waals surface area contributed by atoms with Crippen molar-refractivity contribution in [2.24, 2.45) is 0 Å². The van der Waals surface area contributed by atoms with Gasteiger partial charge in [-0.05, 0) is 88.8 Å². The van der Waals surface area contributed by atoms with E-state index in [-0.39, 0.29) is 39.6 Å². The zero-order chi connectivity index (χ0) is 41.8. The lowest BCUT2D eigenvalue weighted by molar-refractivity contribution is -0.139. The molecule has 3 rings (SSSR count). The lowest BCUT2D eigenvalue weighted by Crippen LogP contribution is -2.36. The molecule has 14 nitrogen and oxygen atoms in total.